The summed E-state index contributed by atoms with van der Waals surface area (Å²) in [4.78, 5) is 22.3. The van der Waals surface area contributed by atoms with E-state index in [1.807, 2.05) is 0 Å². The van der Waals surface area contributed by atoms with Gasteiger partial charge in [0, 0.05) is 0 Å². The number of aliphatic hydroxyl groups is 2. The quantitative estimate of drug-likeness (QED) is 0.307. The molecular weight excluding hydrogens is 248 g/mol. The van der Waals surface area contributed by atoms with E-state index >= 15 is 0 Å². The van der Waals surface area contributed by atoms with Crippen LogP contribution in [0.15, 0.2) is 47.8 Å². The molecule has 0 bridgehead atoms. The van der Waals surface area contributed by atoms with E-state index in [9.17, 15) is 14.7 Å². The highest BCUT2D eigenvalue weighted by atomic mass is 16.6. The number of rotatable bonds is 7. The molecule has 0 aliphatic heterocycles. The van der Waals surface area contributed by atoms with Gasteiger partial charge in [-0.25, -0.2) is 0 Å². The summed E-state index contributed by atoms with van der Waals surface area (Å²) in [7, 11) is 0. The third kappa shape index (κ3) is 4.01. The summed E-state index contributed by atoms with van der Waals surface area (Å²) in [6, 6.07) is 0. The summed E-state index contributed by atoms with van der Waals surface area (Å²) < 4.78 is 5.20. The van der Waals surface area contributed by atoms with Crippen LogP contribution in [0.25, 0.3) is 0 Å². The van der Waals surface area contributed by atoms with Crippen molar-refractivity contribution in [1.82, 2.24) is 0 Å². The molecule has 0 fully saturated rings. The maximum atomic E-state index is 11.5. The molecule has 102 valence electrons. The summed E-state index contributed by atoms with van der Waals surface area (Å²) in [6.07, 6.45) is 6.24. The van der Waals surface area contributed by atoms with Crippen molar-refractivity contribution in [3.63, 3.8) is 0 Å². The van der Waals surface area contributed by atoms with E-state index < -0.39 is 18.7 Å². The lowest BCUT2D eigenvalue weighted by molar-refractivity contribution is -0.118. The number of hydrogen-bond acceptors (Lipinski definition) is 5. The summed E-state index contributed by atoms with van der Waals surface area (Å²) in [5, 5.41) is 18.6. The van der Waals surface area contributed by atoms with Crippen molar-refractivity contribution in [2.24, 2.45) is 0 Å². The zero-order chi connectivity index (χ0) is 14.3. The van der Waals surface area contributed by atoms with Crippen LogP contribution in [0.2, 0.25) is 0 Å². The highest BCUT2D eigenvalue weighted by Gasteiger charge is 2.21. The molecule has 1 rings (SSSR count). The van der Waals surface area contributed by atoms with Crippen molar-refractivity contribution >= 4 is 12.1 Å². The fourth-order valence-electron chi connectivity index (χ4n) is 1.60. The Morgan fingerprint density at radius 3 is 2.74 bits per heavy atom. The van der Waals surface area contributed by atoms with Gasteiger partial charge in [0.15, 0.2) is 12.1 Å². The van der Waals surface area contributed by atoms with Crippen molar-refractivity contribution in [2.75, 3.05) is 6.61 Å². The molecule has 1 atom stereocenters. The van der Waals surface area contributed by atoms with Crippen LogP contribution >= 0.6 is 0 Å². The molecule has 2 N–H and O–H groups in total. The van der Waals surface area contributed by atoms with E-state index in [4.69, 9.17) is 9.84 Å². The van der Waals surface area contributed by atoms with Crippen LogP contribution in [0.1, 0.15) is 12.8 Å². The lowest BCUT2D eigenvalue weighted by Gasteiger charge is -2.19. The molecule has 0 spiro atoms. The van der Waals surface area contributed by atoms with Crippen molar-refractivity contribution in [2.45, 2.75) is 19.1 Å². The fraction of sp³-hybridized carbons (Fsp3) is 0.286. The van der Waals surface area contributed by atoms with Gasteiger partial charge in [-0.3, -0.25) is 9.59 Å². The van der Waals surface area contributed by atoms with Gasteiger partial charge in [0.05, 0.1) is 11.1 Å². The van der Waals surface area contributed by atoms with Crippen LogP contribution < -0.4 is 0 Å². The highest BCUT2D eigenvalue weighted by molar-refractivity contribution is 5.99. The molecule has 0 heterocycles. The van der Waals surface area contributed by atoms with Gasteiger partial charge in [-0.2, -0.15) is 0 Å². The zero-order valence-corrected chi connectivity index (χ0v) is 10.4. The molecular formula is C14H16O5. The van der Waals surface area contributed by atoms with Crippen molar-refractivity contribution in [3.8, 4) is 0 Å². The zero-order valence-electron chi connectivity index (χ0n) is 10.4. The van der Waals surface area contributed by atoms with Crippen LogP contribution in [0.5, 0.6) is 0 Å². The molecule has 0 aromatic carbocycles. The minimum absolute atomic E-state index is 0.00253. The average Bonchev–Trinajstić information content (AvgIpc) is 2.44. The third-order valence-corrected chi connectivity index (χ3v) is 2.52. The first-order chi connectivity index (χ1) is 9.13. The van der Waals surface area contributed by atoms with E-state index in [2.05, 4.69) is 6.58 Å². The van der Waals surface area contributed by atoms with Gasteiger partial charge < -0.3 is 14.9 Å². The monoisotopic (exact) mass is 264 g/mol. The standard InChI is InChI=1S/C14H16O5/c1-2-5-10(8-15)14(18)19-13-7-4-3-6-11(13)12(17)9-16/h2,5-8,14,16,18H,1,3-4,9H2/b10-5+. The van der Waals surface area contributed by atoms with Gasteiger partial charge >= 0.3 is 0 Å². The molecule has 0 saturated heterocycles. The summed E-state index contributed by atoms with van der Waals surface area (Å²) in [5.74, 6) is -0.312. The van der Waals surface area contributed by atoms with Gasteiger partial charge in [-0.15, -0.1) is 0 Å². The molecule has 5 heteroatoms. The van der Waals surface area contributed by atoms with E-state index in [1.165, 1.54) is 12.2 Å². The molecule has 5 nitrogen and oxygen atoms in total. The number of ether oxygens (including phenoxy) is 1. The predicted molar refractivity (Wildman–Crippen MR) is 68.9 cm³/mol. The SMILES string of the molecule is C=C/C=C(\C=O)C(O)OC1=CCCC=C1C(=O)CO. The second-order valence-corrected chi connectivity index (χ2v) is 3.84. The molecule has 1 aliphatic carbocycles. The number of Topliss-reactive ketones (excluding diaryl/α,β-unsaturated/α-hetero) is 1. The molecule has 0 saturated carbocycles. The number of carbonyl (C=O) groups excluding carboxylic acids is 2. The Balaban J connectivity index is 2.85. The van der Waals surface area contributed by atoms with Crippen molar-refractivity contribution in [1.29, 1.82) is 0 Å². The maximum absolute atomic E-state index is 11.5. The number of allylic oxidation sites excluding steroid dienone is 5. The first-order valence-corrected chi connectivity index (χ1v) is 5.81. The molecule has 0 aromatic rings. The van der Waals surface area contributed by atoms with Gasteiger partial charge in [-0.1, -0.05) is 24.8 Å². The Labute approximate surface area is 111 Å². The molecule has 19 heavy (non-hydrogen) atoms. The van der Waals surface area contributed by atoms with E-state index in [0.29, 0.717) is 19.1 Å². The van der Waals surface area contributed by atoms with E-state index in [-0.39, 0.29) is 16.9 Å². The first-order valence-electron chi connectivity index (χ1n) is 5.81. The largest absolute Gasteiger partial charge is 0.460 e. The maximum Gasteiger partial charge on any atom is 0.227 e. The Hall–Kier alpha value is -1.98. The Bertz CT molecular complexity index is 456. The van der Waals surface area contributed by atoms with Crippen molar-refractivity contribution < 1.29 is 24.5 Å². The van der Waals surface area contributed by atoms with E-state index in [1.54, 1.807) is 12.2 Å². The Kier molecular flexibility index (Phi) is 5.92. The third-order valence-electron chi connectivity index (χ3n) is 2.52. The number of aliphatic hydroxyl groups excluding tert-OH is 2. The Morgan fingerprint density at radius 1 is 1.47 bits per heavy atom. The summed E-state index contributed by atoms with van der Waals surface area (Å²) in [6.45, 7) is 2.79. The molecule has 0 amide bonds. The number of hydrogen-bond donors (Lipinski definition) is 2. The van der Waals surface area contributed by atoms with Gasteiger partial charge in [-0.05, 0) is 18.9 Å². The topological polar surface area (TPSA) is 83.8 Å². The summed E-state index contributed by atoms with van der Waals surface area (Å²) in [5.41, 5.74) is 0.217. The van der Waals surface area contributed by atoms with Crippen LogP contribution in [0, 0.1) is 0 Å². The van der Waals surface area contributed by atoms with Crippen molar-refractivity contribution in [3.05, 3.63) is 47.8 Å². The second kappa shape index (κ2) is 7.45. The lowest BCUT2D eigenvalue weighted by Crippen LogP contribution is -2.20. The predicted octanol–water partition coefficient (Wildman–Crippen LogP) is 0.798. The second-order valence-electron chi connectivity index (χ2n) is 3.84. The molecule has 1 aliphatic rings. The van der Waals surface area contributed by atoms with Crippen LogP contribution in [0.4, 0.5) is 0 Å². The molecule has 0 radical (unpaired) electrons. The Morgan fingerprint density at radius 2 is 2.16 bits per heavy atom. The molecule has 0 aromatic heterocycles. The minimum Gasteiger partial charge on any atom is -0.460 e. The smallest absolute Gasteiger partial charge is 0.227 e. The van der Waals surface area contributed by atoms with Crippen LogP contribution in [0.3, 0.4) is 0 Å². The molecule has 1 unspecified atom stereocenters. The van der Waals surface area contributed by atoms with Gasteiger partial charge in [0.25, 0.3) is 0 Å². The number of carbonyl (C=O) groups is 2. The first kappa shape index (κ1) is 15.1. The highest BCUT2D eigenvalue weighted by Crippen LogP contribution is 2.23. The van der Waals surface area contributed by atoms with Gasteiger partial charge in [0.2, 0.25) is 6.29 Å². The normalized spacial score (nSPS) is 17.1. The van der Waals surface area contributed by atoms with Gasteiger partial charge in [0.1, 0.15) is 12.4 Å². The number of aldehydes is 1. The lowest BCUT2D eigenvalue weighted by atomic mass is 10.0. The van der Waals surface area contributed by atoms with Crippen LogP contribution in [-0.2, 0) is 14.3 Å². The van der Waals surface area contributed by atoms with Crippen LogP contribution in [-0.4, -0.2) is 35.2 Å². The fourth-order valence-corrected chi connectivity index (χ4v) is 1.60. The minimum atomic E-state index is -1.48. The number of ketones is 1. The summed E-state index contributed by atoms with van der Waals surface area (Å²) >= 11 is 0. The average molecular weight is 264 g/mol. The van der Waals surface area contributed by atoms with E-state index in [0.717, 1.165) is 0 Å².